The highest BCUT2D eigenvalue weighted by atomic mass is 19.4. The average Bonchev–Trinajstić information content (AvgIpc) is 2.83. The van der Waals surface area contributed by atoms with Crippen molar-refractivity contribution in [2.45, 2.75) is 6.18 Å². The Morgan fingerprint density at radius 3 is 2.60 bits per heavy atom. The zero-order valence-electron chi connectivity index (χ0n) is 9.98. The maximum atomic E-state index is 12.7. The van der Waals surface area contributed by atoms with Crippen LogP contribution in [-0.2, 0) is 6.18 Å². The minimum Gasteiger partial charge on any atom is -0.269 e. The number of halogens is 3. The van der Waals surface area contributed by atoms with Crippen LogP contribution in [0.25, 0.3) is 17.0 Å². The predicted molar refractivity (Wildman–Crippen MR) is 66.3 cm³/mol. The van der Waals surface area contributed by atoms with E-state index in [1.807, 2.05) is 0 Å². The predicted octanol–water partition coefficient (Wildman–Crippen LogP) is 2.71. The molecule has 2 heterocycles. The summed E-state index contributed by atoms with van der Waals surface area (Å²) in [7, 11) is 0. The third-order valence-electron chi connectivity index (χ3n) is 2.89. The fourth-order valence-corrected chi connectivity index (χ4v) is 1.98. The first kappa shape index (κ1) is 12.5. The van der Waals surface area contributed by atoms with Crippen molar-refractivity contribution >= 4 is 5.65 Å². The number of aromatic nitrogens is 3. The van der Waals surface area contributed by atoms with E-state index in [0.717, 1.165) is 12.1 Å². The van der Waals surface area contributed by atoms with Gasteiger partial charge in [-0.15, -0.1) is 0 Å². The van der Waals surface area contributed by atoms with Gasteiger partial charge in [-0.1, -0.05) is 18.2 Å². The maximum absolute atomic E-state index is 12.7. The molecule has 3 aromatic rings. The fourth-order valence-electron chi connectivity index (χ4n) is 1.98. The molecule has 20 heavy (non-hydrogen) atoms. The van der Waals surface area contributed by atoms with E-state index in [-0.39, 0.29) is 16.9 Å². The number of fused-ring (bicyclic) bond motifs is 1. The minimum atomic E-state index is -4.44. The third kappa shape index (κ3) is 1.97. The molecule has 0 bridgehead atoms. The zero-order chi connectivity index (χ0) is 14.3. The summed E-state index contributed by atoms with van der Waals surface area (Å²) in [6.45, 7) is 0. The zero-order valence-corrected chi connectivity index (χ0v) is 9.98. The molecule has 4 nitrogen and oxygen atoms in total. The van der Waals surface area contributed by atoms with E-state index in [1.54, 1.807) is 12.1 Å². The molecule has 3 rings (SSSR count). The van der Waals surface area contributed by atoms with E-state index in [2.05, 4.69) is 10.2 Å². The Balaban J connectivity index is 2.24. The Morgan fingerprint density at radius 1 is 1.10 bits per heavy atom. The molecule has 102 valence electrons. The molecule has 0 aliphatic rings. The summed E-state index contributed by atoms with van der Waals surface area (Å²) in [5.41, 5.74) is -0.497. The van der Waals surface area contributed by atoms with Crippen molar-refractivity contribution < 1.29 is 13.2 Å². The van der Waals surface area contributed by atoms with Crippen molar-refractivity contribution in [1.29, 1.82) is 0 Å². The molecule has 0 aliphatic heterocycles. The van der Waals surface area contributed by atoms with E-state index in [0.29, 0.717) is 5.65 Å². The van der Waals surface area contributed by atoms with Gasteiger partial charge in [0.25, 0.3) is 5.56 Å². The molecular weight excluding hydrogens is 271 g/mol. The summed E-state index contributed by atoms with van der Waals surface area (Å²) in [6.07, 6.45) is -4.44. The van der Waals surface area contributed by atoms with Crippen molar-refractivity contribution in [2.75, 3.05) is 0 Å². The first-order chi connectivity index (χ1) is 9.47. The lowest BCUT2D eigenvalue weighted by Crippen LogP contribution is -2.11. The lowest BCUT2D eigenvalue weighted by atomic mass is 10.1. The number of H-pyrrole nitrogens is 1. The van der Waals surface area contributed by atoms with Crippen LogP contribution < -0.4 is 5.56 Å². The number of aromatic amines is 1. The van der Waals surface area contributed by atoms with Crippen molar-refractivity contribution in [1.82, 2.24) is 14.6 Å². The van der Waals surface area contributed by atoms with Gasteiger partial charge in [-0.3, -0.25) is 9.89 Å². The SMILES string of the molecule is O=c1cccc2[nH]nc(-c3cccc(C(F)(F)F)c3)n12. The van der Waals surface area contributed by atoms with Gasteiger partial charge in [0.15, 0.2) is 5.82 Å². The molecule has 0 saturated heterocycles. The molecule has 0 spiro atoms. The van der Waals surface area contributed by atoms with Gasteiger partial charge in [-0.2, -0.15) is 18.3 Å². The van der Waals surface area contributed by atoms with Gasteiger partial charge in [0.1, 0.15) is 5.65 Å². The highest BCUT2D eigenvalue weighted by Gasteiger charge is 2.30. The quantitative estimate of drug-likeness (QED) is 0.744. The highest BCUT2D eigenvalue weighted by molar-refractivity contribution is 5.60. The van der Waals surface area contributed by atoms with Gasteiger partial charge in [0.2, 0.25) is 0 Å². The highest BCUT2D eigenvalue weighted by Crippen LogP contribution is 2.31. The first-order valence-corrected chi connectivity index (χ1v) is 5.70. The van der Waals surface area contributed by atoms with Crippen LogP contribution in [0.1, 0.15) is 5.56 Å². The number of pyridine rings is 1. The largest absolute Gasteiger partial charge is 0.416 e. The number of hydrogen-bond acceptors (Lipinski definition) is 2. The number of nitrogens with one attached hydrogen (secondary N) is 1. The topological polar surface area (TPSA) is 50.2 Å². The Hall–Kier alpha value is -2.57. The van der Waals surface area contributed by atoms with Crippen molar-refractivity contribution in [3.8, 4) is 11.4 Å². The molecule has 0 amide bonds. The summed E-state index contributed by atoms with van der Waals surface area (Å²) in [6, 6.07) is 9.18. The summed E-state index contributed by atoms with van der Waals surface area (Å²) in [4.78, 5) is 11.8. The van der Waals surface area contributed by atoms with Crippen LogP contribution in [-0.4, -0.2) is 14.6 Å². The second kappa shape index (κ2) is 4.22. The van der Waals surface area contributed by atoms with Crippen LogP contribution in [0, 0.1) is 0 Å². The van der Waals surface area contributed by atoms with E-state index in [4.69, 9.17) is 0 Å². The number of hydrogen-bond donors (Lipinski definition) is 1. The summed E-state index contributed by atoms with van der Waals surface area (Å²) in [5, 5.41) is 6.54. The summed E-state index contributed by atoms with van der Waals surface area (Å²) >= 11 is 0. The first-order valence-electron chi connectivity index (χ1n) is 5.70. The molecule has 1 N–H and O–H groups in total. The van der Waals surface area contributed by atoms with Crippen molar-refractivity contribution in [3.05, 3.63) is 58.4 Å². The van der Waals surface area contributed by atoms with E-state index in [9.17, 15) is 18.0 Å². The molecular formula is C13H8F3N3O. The van der Waals surface area contributed by atoms with Gasteiger partial charge in [-0.05, 0) is 18.2 Å². The van der Waals surface area contributed by atoms with E-state index < -0.39 is 11.7 Å². The fraction of sp³-hybridized carbons (Fsp3) is 0.0769. The molecule has 1 aromatic carbocycles. The molecule has 0 radical (unpaired) electrons. The second-order valence-corrected chi connectivity index (χ2v) is 4.21. The molecule has 0 aliphatic carbocycles. The van der Waals surface area contributed by atoms with Crippen LogP contribution in [0.2, 0.25) is 0 Å². The van der Waals surface area contributed by atoms with Gasteiger partial charge in [0.05, 0.1) is 5.56 Å². The monoisotopic (exact) mass is 279 g/mol. The van der Waals surface area contributed by atoms with Gasteiger partial charge >= 0.3 is 6.18 Å². The second-order valence-electron chi connectivity index (χ2n) is 4.21. The standard InChI is InChI=1S/C13H8F3N3O/c14-13(15,16)9-4-1-3-8(7-9)12-18-17-10-5-2-6-11(20)19(10)12/h1-7,17H. The normalized spacial score (nSPS) is 11.9. The van der Waals surface area contributed by atoms with Crippen LogP contribution in [0.4, 0.5) is 13.2 Å². The number of benzene rings is 1. The number of alkyl halides is 3. The van der Waals surface area contributed by atoms with E-state index >= 15 is 0 Å². The lowest BCUT2D eigenvalue weighted by molar-refractivity contribution is -0.137. The van der Waals surface area contributed by atoms with Gasteiger partial charge in [0, 0.05) is 11.6 Å². The summed E-state index contributed by atoms with van der Waals surface area (Å²) in [5.74, 6) is 0.150. The Morgan fingerprint density at radius 2 is 1.85 bits per heavy atom. The Bertz CT molecular complexity index is 832. The average molecular weight is 279 g/mol. The van der Waals surface area contributed by atoms with Crippen molar-refractivity contribution in [3.63, 3.8) is 0 Å². The molecule has 0 fully saturated rings. The van der Waals surface area contributed by atoms with Crippen LogP contribution in [0.5, 0.6) is 0 Å². The van der Waals surface area contributed by atoms with E-state index in [1.165, 1.54) is 22.6 Å². The smallest absolute Gasteiger partial charge is 0.269 e. The Labute approximate surface area is 110 Å². The van der Waals surface area contributed by atoms with Gasteiger partial charge < -0.3 is 0 Å². The number of nitrogens with zero attached hydrogens (tertiary/aromatic N) is 2. The van der Waals surface area contributed by atoms with Crippen LogP contribution >= 0.6 is 0 Å². The molecule has 0 atom stereocenters. The molecule has 0 saturated carbocycles. The molecule has 7 heteroatoms. The van der Waals surface area contributed by atoms with Crippen LogP contribution in [0.15, 0.2) is 47.3 Å². The Kier molecular flexibility index (Phi) is 2.63. The molecule has 2 aromatic heterocycles. The third-order valence-corrected chi connectivity index (χ3v) is 2.89. The lowest BCUT2D eigenvalue weighted by Gasteiger charge is -2.07. The van der Waals surface area contributed by atoms with Gasteiger partial charge in [-0.25, -0.2) is 4.40 Å². The maximum Gasteiger partial charge on any atom is 0.416 e. The van der Waals surface area contributed by atoms with Crippen LogP contribution in [0.3, 0.4) is 0 Å². The number of rotatable bonds is 1. The van der Waals surface area contributed by atoms with Crippen molar-refractivity contribution in [2.24, 2.45) is 0 Å². The molecule has 0 unspecified atom stereocenters. The summed E-state index contributed by atoms with van der Waals surface area (Å²) < 4.78 is 39.3. The minimum absolute atomic E-state index is 0.150.